The van der Waals surface area contributed by atoms with Crippen molar-refractivity contribution in [2.24, 2.45) is 5.16 Å². The summed E-state index contributed by atoms with van der Waals surface area (Å²) in [5.41, 5.74) is 0.770. The van der Waals surface area contributed by atoms with Gasteiger partial charge in [0.2, 0.25) is 6.29 Å². The third-order valence-corrected chi connectivity index (χ3v) is 1.78. The first-order chi connectivity index (χ1) is 7.89. The predicted molar refractivity (Wildman–Crippen MR) is 49.0 cm³/mol. The maximum atomic E-state index is 11.7. The molecule has 0 radical (unpaired) electrons. The molecule has 17 heavy (non-hydrogen) atoms. The van der Waals surface area contributed by atoms with Crippen LogP contribution in [0.2, 0.25) is 0 Å². The smallest absolute Gasteiger partial charge is 0.429 e. The minimum atomic E-state index is -5.11. The van der Waals surface area contributed by atoms with E-state index >= 15 is 0 Å². The Morgan fingerprint density at radius 2 is 2.18 bits per heavy atom. The Labute approximate surface area is 94.4 Å². The summed E-state index contributed by atoms with van der Waals surface area (Å²) in [5.74, 6) is -2.43. The number of hydrogen-bond acceptors (Lipinski definition) is 6. The molecule has 0 bridgehead atoms. The molecular weight excluding hydrogens is 245 g/mol. The number of halogens is 3. The van der Waals surface area contributed by atoms with Crippen LogP contribution in [-0.4, -0.2) is 49.0 Å². The highest BCUT2D eigenvalue weighted by atomic mass is 19.4. The van der Waals surface area contributed by atoms with Crippen LogP contribution >= 0.6 is 0 Å². The monoisotopic (exact) mass is 256 g/mol. The van der Waals surface area contributed by atoms with Gasteiger partial charge in [0, 0.05) is 19.5 Å². The highest BCUT2D eigenvalue weighted by molar-refractivity contribution is 5.92. The summed E-state index contributed by atoms with van der Waals surface area (Å²) in [7, 11) is 0. The fourth-order valence-corrected chi connectivity index (χ4v) is 0.841. The Bertz CT molecular complexity index is 300. The van der Waals surface area contributed by atoms with Crippen LogP contribution in [0.25, 0.3) is 0 Å². The van der Waals surface area contributed by atoms with Gasteiger partial charge in [0.25, 0.3) is 0 Å². The van der Waals surface area contributed by atoms with Gasteiger partial charge in [-0.15, -0.1) is 0 Å². The van der Waals surface area contributed by atoms with Gasteiger partial charge < -0.3 is 20.0 Å². The second kappa shape index (κ2) is 5.82. The lowest BCUT2D eigenvalue weighted by Crippen LogP contribution is -2.42. The highest BCUT2D eigenvalue weighted by Crippen LogP contribution is 2.17. The number of nitrogens with one attached hydrogen (secondary N) is 1. The van der Waals surface area contributed by atoms with E-state index in [1.807, 2.05) is 0 Å². The van der Waals surface area contributed by atoms with Crippen molar-refractivity contribution in [1.82, 2.24) is 5.32 Å². The third-order valence-electron chi connectivity index (χ3n) is 1.78. The quantitative estimate of drug-likeness (QED) is 0.307. The van der Waals surface area contributed by atoms with Crippen LogP contribution < -0.4 is 5.32 Å². The van der Waals surface area contributed by atoms with E-state index in [9.17, 15) is 18.0 Å². The van der Waals surface area contributed by atoms with E-state index in [1.165, 1.54) is 0 Å². The van der Waals surface area contributed by atoms with Crippen molar-refractivity contribution in [2.45, 2.75) is 18.9 Å². The molecule has 98 valence electrons. The van der Waals surface area contributed by atoms with Crippen LogP contribution in [-0.2, 0) is 14.4 Å². The molecule has 0 saturated carbocycles. The van der Waals surface area contributed by atoms with E-state index in [1.54, 1.807) is 0 Å². The number of alkyl halides is 3. The van der Waals surface area contributed by atoms with Gasteiger partial charge in [0.05, 0.1) is 5.71 Å². The normalized spacial score (nSPS) is 17.1. The van der Waals surface area contributed by atoms with Crippen LogP contribution in [0.4, 0.5) is 13.2 Å². The number of carbonyl (C=O) groups is 1. The minimum Gasteiger partial charge on any atom is -0.429 e. The van der Waals surface area contributed by atoms with E-state index in [4.69, 9.17) is 9.94 Å². The minimum absolute atomic E-state index is 0.143. The molecule has 0 aromatic carbocycles. The number of oxime groups is 1. The van der Waals surface area contributed by atoms with Crippen molar-refractivity contribution in [3.05, 3.63) is 0 Å². The van der Waals surface area contributed by atoms with Gasteiger partial charge in [0.1, 0.15) is 6.61 Å². The maximum Gasteiger partial charge on any atom is 0.491 e. The lowest BCUT2D eigenvalue weighted by atomic mass is 10.2. The molecule has 9 heteroatoms. The van der Waals surface area contributed by atoms with E-state index in [0.29, 0.717) is 13.1 Å². The van der Waals surface area contributed by atoms with Gasteiger partial charge in [-0.25, -0.2) is 4.79 Å². The van der Waals surface area contributed by atoms with Gasteiger partial charge in [-0.1, -0.05) is 5.16 Å². The van der Waals surface area contributed by atoms with Crippen molar-refractivity contribution in [3.63, 3.8) is 0 Å². The fourth-order valence-electron chi connectivity index (χ4n) is 0.841. The lowest BCUT2D eigenvalue weighted by Gasteiger charge is -2.16. The summed E-state index contributed by atoms with van der Waals surface area (Å²) in [4.78, 5) is 15.0. The second-order valence-corrected chi connectivity index (χ2v) is 3.24. The SMILES string of the molecule is O=C(OC(O)CCON=C1CNC1)C(F)(F)F. The first-order valence-corrected chi connectivity index (χ1v) is 4.74. The molecule has 0 aromatic heterocycles. The largest absolute Gasteiger partial charge is 0.491 e. The van der Waals surface area contributed by atoms with Gasteiger partial charge in [0.15, 0.2) is 0 Å². The summed E-state index contributed by atoms with van der Waals surface area (Å²) in [6.45, 7) is 1.06. The Balaban J connectivity index is 2.12. The molecule has 1 heterocycles. The van der Waals surface area contributed by atoms with Crippen molar-refractivity contribution in [1.29, 1.82) is 0 Å². The summed E-state index contributed by atoms with van der Waals surface area (Å²) in [5, 5.41) is 15.4. The average molecular weight is 256 g/mol. The molecule has 1 aliphatic heterocycles. The number of esters is 1. The molecule has 1 saturated heterocycles. The summed E-state index contributed by atoms with van der Waals surface area (Å²) >= 11 is 0. The first-order valence-electron chi connectivity index (χ1n) is 4.74. The van der Waals surface area contributed by atoms with Crippen LogP contribution in [0.15, 0.2) is 5.16 Å². The van der Waals surface area contributed by atoms with Crippen LogP contribution in [0.5, 0.6) is 0 Å². The molecule has 0 amide bonds. The molecule has 1 rings (SSSR count). The van der Waals surface area contributed by atoms with E-state index in [2.05, 4.69) is 15.2 Å². The standard InChI is InChI=1S/C8H11F3N2O4/c9-8(10,11)7(15)17-6(14)1-2-16-13-5-3-12-4-5/h6,12,14H,1-4H2. The first kappa shape index (κ1) is 13.7. The molecule has 1 atom stereocenters. The number of ether oxygens (including phenoxy) is 1. The third kappa shape index (κ3) is 5.00. The predicted octanol–water partition coefficient (Wildman–Crippen LogP) is -0.224. The molecule has 2 N–H and O–H groups in total. The number of aliphatic hydroxyl groups is 1. The molecule has 0 aliphatic carbocycles. The number of rotatable bonds is 5. The zero-order chi connectivity index (χ0) is 12.9. The highest BCUT2D eigenvalue weighted by Gasteiger charge is 2.42. The Morgan fingerprint density at radius 3 is 2.65 bits per heavy atom. The molecule has 1 fully saturated rings. The van der Waals surface area contributed by atoms with E-state index in [-0.39, 0.29) is 13.0 Å². The van der Waals surface area contributed by atoms with Gasteiger partial charge in [-0.05, 0) is 0 Å². The number of carbonyl (C=O) groups excluding carboxylic acids is 1. The van der Waals surface area contributed by atoms with Crippen molar-refractivity contribution >= 4 is 11.7 Å². The average Bonchev–Trinajstić information content (AvgIpc) is 2.12. The van der Waals surface area contributed by atoms with Gasteiger partial charge >= 0.3 is 12.1 Å². The van der Waals surface area contributed by atoms with Crippen LogP contribution in [0.3, 0.4) is 0 Å². The molecule has 0 spiro atoms. The van der Waals surface area contributed by atoms with Crippen molar-refractivity contribution in [3.8, 4) is 0 Å². The van der Waals surface area contributed by atoms with Crippen molar-refractivity contribution < 1.29 is 32.6 Å². The van der Waals surface area contributed by atoms with Crippen LogP contribution in [0.1, 0.15) is 6.42 Å². The molecule has 6 nitrogen and oxygen atoms in total. The Morgan fingerprint density at radius 1 is 1.53 bits per heavy atom. The Hall–Kier alpha value is -1.35. The zero-order valence-corrected chi connectivity index (χ0v) is 8.66. The zero-order valence-electron chi connectivity index (χ0n) is 8.66. The summed E-state index contributed by atoms with van der Waals surface area (Å²) < 4.78 is 38.8. The van der Waals surface area contributed by atoms with E-state index < -0.39 is 18.4 Å². The molecule has 1 unspecified atom stereocenters. The number of hydrogen-bond donors (Lipinski definition) is 2. The fraction of sp³-hybridized carbons (Fsp3) is 0.750. The molecule has 0 aromatic rings. The van der Waals surface area contributed by atoms with Gasteiger partial charge in [-0.3, -0.25) is 0 Å². The van der Waals surface area contributed by atoms with Crippen molar-refractivity contribution in [2.75, 3.05) is 19.7 Å². The summed E-state index contributed by atoms with van der Waals surface area (Å²) in [6, 6.07) is 0. The van der Waals surface area contributed by atoms with E-state index in [0.717, 1.165) is 5.71 Å². The van der Waals surface area contributed by atoms with Gasteiger partial charge in [-0.2, -0.15) is 13.2 Å². The summed E-state index contributed by atoms with van der Waals surface area (Å²) in [6.07, 6.45) is -7.25. The topological polar surface area (TPSA) is 80.2 Å². The lowest BCUT2D eigenvalue weighted by molar-refractivity contribution is -0.220. The molecule has 1 aliphatic rings. The second-order valence-electron chi connectivity index (χ2n) is 3.24. The molecular formula is C8H11F3N2O4. The Kier molecular flexibility index (Phi) is 4.70. The maximum absolute atomic E-state index is 11.7. The number of nitrogens with zero attached hydrogens (tertiary/aromatic N) is 1. The van der Waals surface area contributed by atoms with Crippen LogP contribution in [0, 0.1) is 0 Å². The number of aliphatic hydroxyl groups excluding tert-OH is 1.